The van der Waals surface area contributed by atoms with Gasteiger partial charge in [0.1, 0.15) is 0 Å². The number of rotatable bonds is 19. The van der Waals surface area contributed by atoms with Gasteiger partial charge in [0.05, 0.1) is 0 Å². The molecule has 448 valence electrons. The second-order valence-corrected chi connectivity index (χ2v) is 14.5. The van der Waals surface area contributed by atoms with E-state index in [0.717, 1.165) is 81.8 Å². The Hall–Kier alpha value is 2.71. The van der Waals surface area contributed by atoms with Gasteiger partial charge in [-0.1, -0.05) is 248 Å². The van der Waals surface area contributed by atoms with Gasteiger partial charge in [0.25, 0.3) is 0 Å². The number of hydrogen-bond acceptors (Lipinski definition) is 20. The zero-order valence-corrected chi connectivity index (χ0v) is 62.5. The number of alkyl halides is 3. The molecule has 0 bridgehead atoms. The first-order valence-corrected chi connectivity index (χ1v) is 33.7. The van der Waals surface area contributed by atoms with Crippen molar-refractivity contribution < 1.29 is 84.9 Å². The average molecular weight is 1530 g/mol. The molecule has 0 heterocycles. The van der Waals surface area contributed by atoms with Gasteiger partial charge in [0.2, 0.25) is 0 Å². The number of unbranched alkanes of at least 4 members (excludes halogenated alkanes) is 10. The van der Waals surface area contributed by atoms with Gasteiger partial charge in [-0.3, -0.25) is 0 Å². The molecule has 0 fully saturated rings. The van der Waals surface area contributed by atoms with Crippen LogP contribution >= 0.6 is 99.0 Å². The Bertz CT molecular complexity index is 676. The van der Waals surface area contributed by atoms with Gasteiger partial charge in [-0.15, -0.1) is 0 Å². The summed E-state index contributed by atoms with van der Waals surface area (Å²) in [7, 11) is 2.58. The topological polar surface area (TPSA) is 552 Å². The normalized spacial score (nSPS) is 7.17. The van der Waals surface area contributed by atoms with E-state index in [2.05, 4.69) is 135 Å². The number of halogens is 7. The molecule has 40 N–H and O–H groups in total. The van der Waals surface area contributed by atoms with Crippen molar-refractivity contribution in [3.8, 4) is 0 Å². The van der Waals surface area contributed by atoms with Crippen molar-refractivity contribution in [1.82, 2.24) is 61.5 Å². The number of hydrogen-bond donors (Lipinski definition) is 20. The fourth-order valence-corrected chi connectivity index (χ4v) is 3.48. The predicted octanol–water partition coefficient (Wildman–Crippen LogP) is 13.9. The van der Waals surface area contributed by atoms with E-state index in [1.165, 1.54) is 76.4 Å². The Morgan fingerprint density at radius 2 is 0.611 bits per heavy atom. The molecular weight excluding hydrogens is 1410 g/mol. The summed E-state index contributed by atoms with van der Waals surface area (Å²) >= 11 is 17.2. The molecule has 0 aromatic carbocycles. The molecule has 0 spiro atoms. The Morgan fingerprint density at radius 3 is 0.722 bits per heavy atom. The molecule has 0 atom stereocenters. The Labute approximate surface area is 517 Å². The Morgan fingerprint density at radius 1 is 0.417 bits per heavy atom. The molecule has 0 aromatic rings. The molecule has 34 heteroatoms. The fourth-order valence-electron chi connectivity index (χ4n) is 2.61. The van der Waals surface area contributed by atoms with Crippen LogP contribution in [0.1, 0.15) is 146 Å². The molecule has 0 amide bonds. The molecule has 0 radical (unpaired) electrons. The molecule has 0 unspecified atom stereocenters. The van der Waals surface area contributed by atoms with Crippen molar-refractivity contribution >= 4 is 135 Å². The van der Waals surface area contributed by atoms with Gasteiger partial charge in [-0.2, -0.15) is 13.8 Å². The van der Waals surface area contributed by atoms with Crippen molar-refractivity contribution in [2.45, 2.75) is 165 Å². The Kier molecular flexibility index (Phi) is 430. The van der Waals surface area contributed by atoms with Gasteiger partial charge in [0.15, 0.2) is 0 Å². The quantitative estimate of drug-likeness (QED) is 0.0247. The maximum atomic E-state index is 8.33. The van der Waals surface area contributed by atoms with Crippen molar-refractivity contribution in [3.63, 3.8) is 0 Å². The molecule has 0 saturated carbocycles. The van der Waals surface area contributed by atoms with Crippen LogP contribution in [0.15, 0.2) is 46.7 Å². The SMILES string of the molecule is Br/C=C/CBr.C=CBr.CCBr.CCBr.CCCCCB(O)O.CCCCCCC.CCCCCCC.N.N.N.N.N.N.N.N.N.N.OB(O)/C=C/CB(O)O.OB(O)/C=C/CB(O)O.[CH2-]C.[CH2-]C.[Cl][Zn+].[Cl][Zn+]. The van der Waals surface area contributed by atoms with Crippen molar-refractivity contribution in [3.05, 3.63) is 60.6 Å². The molecule has 72 heavy (non-hydrogen) atoms. The molecule has 0 aliphatic heterocycles. The second-order valence-electron chi connectivity index (χ2n) is 10.4. The van der Waals surface area contributed by atoms with Crippen molar-refractivity contribution in [2.75, 3.05) is 16.0 Å². The van der Waals surface area contributed by atoms with Crippen molar-refractivity contribution in [1.29, 1.82) is 0 Å². The third-order valence-electron chi connectivity index (χ3n) is 4.97. The molecule has 0 aliphatic carbocycles. The summed E-state index contributed by atoms with van der Waals surface area (Å²) in [4.78, 5) is 3.38. The van der Waals surface area contributed by atoms with Gasteiger partial charge in [0, 0.05) is 16.0 Å². The minimum absolute atomic E-state index is 0. The first-order chi connectivity index (χ1) is 29.5. The van der Waals surface area contributed by atoms with Gasteiger partial charge in [-0.05, 0) is 28.9 Å². The predicted molar refractivity (Wildman–Crippen MR) is 346 cm³/mol. The van der Waals surface area contributed by atoms with Crippen LogP contribution in [0.2, 0.25) is 19.0 Å². The summed E-state index contributed by atoms with van der Waals surface area (Å²) < 4.78 is 0. The summed E-state index contributed by atoms with van der Waals surface area (Å²) in [6, 6.07) is 0. The van der Waals surface area contributed by atoms with Gasteiger partial charge >= 0.3 is 89.6 Å². The number of allylic oxidation sites excluding steroid dienone is 3. The van der Waals surface area contributed by atoms with E-state index in [1.54, 1.807) is 18.8 Å². The average Bonchev–Trinajstić information content (AvgIpc) is 3.23. The molecule has 0 aliphatic rings. The molecule has 0 saturated heterocycles. The first kappa shape index (κ1) is 152. The zero-order valence-electron chi connectivity index (χ0n) is 47.1. The summed E-state index contributed by atoms with van der Waals surface area (Å²) in [6.45, 7) is 28.4. The molecular formula is C38H118B5Br5Cl2N10O10Zn2. The van der Waals surface area contributed by atoms with Crippen LogP contribution in [0.25, 0.3) is 0 Å². The maximum absolute atomic E-state index is 8.33. The first-order valence-electron chi connectivity index (χ1n) is 20.7. The van der Waals surface area contributed by atoms with Crippen LogP contribution in [0.5, 0.6) is 0 Å². The summed E-state index contributed by atoms with van der Waals surface area (Å²) in [5, 5.41) is 85.2. The fraction of sp³-hybridized carbons (Fsp3) is 0.737. The molecule has 20 nitrogen and oxygen atoms in total. The van der Waals surface area contributed by atoms with Crippen LogP contribution < -0.4 is 61.5 Å². The van der Waals surface area contributed by atoms with Gasteiger partial charge in [-0.25, -0.2) is 0 Å². The van der Waals surface area contributed by atoms with Crippen LogP contribution in [-0.4, -0.2) is 102 Å². The Balaban J connectivity index is -0.0000000175. The monoisotopic (exact) mass is 1520 g/mol. The minimum atomic E-state index is -1.51. The van der Waals surface area contributed by atoms with Crippen LogP contribution in [0, 0.1) is 13.8 Å². The third-order valence-corrected chi connectivity index (χ3v) is 5.72. The van der Waals surface area contributed by atoms with Gasteiger partial charge < -0.3 is 126 Å². The summed E-state index contributed by atoms with van der Waals surface area (Å²) in [5.74, 6) is 2.11. The van der Waals surface area contributed by atoms with E-state index in [1.807, 2.05) is 24.9 Å². The van der Waals surface area contributed by atoms with E-state index in [-0.39, 0.29) is 74.1 Å². The standard InChI is InChI=1S/2C7H16.C5H13BO2.2C3H8B2O4.C3H4Br2.2C2H5Br.C2H3Br.2C2H5.2ClH.10H3N.2Zn/c2*1-3-5-7-6-4-2;1-2-3-4-5-6(7)8;2*6-4(7)2-1-3-5(8)9;4-2-1-3-5;3*1-2-3;2*1-2;;;;;;;;;;;;;;/h2*3-7H2,1-2H3;7-8H,2-5H2,1H3;2*1-2,6-9H,3H2;1-2H,3H2;2*2H2,1H3;2H,1H2;2*1H2,2H3;2*1H;10*1H3;;/q;;;;;;;;;2*-1;;;;;;;;;;;;;2*+2/p-2/b;;;3*2-1+;;;;;;;;;;;;;;;;;;;. The second kappa shape index (κ2) is 204. The van der Waals surface area contributed by atoms with Crippen LogP contribution in [0.3, 0.4) is 0 Å². The van der Waals surface area contributed by atoms with Crippen LogP contribution in [-0.2, 0) is 34.6 Å². The van der Waals surface area contributed by atoms with E-state index >= 15 is 0 Å². The van der Waals surface area contributed by atoms with Crippen LogP contribution in [0.4, 0.5) is 0 Å². The van der Waals surface area contributed by atoms with E-state index in [4.69, 9.17) is 69.6 Å². The van der Waals surface area contributed by atoms with Crippen molar-refractivity contribution in [2.24, 2.45) is 0 Å². The zero-order chi connectivity index (χ0) is 52.3. The third kappa shape index (κ3) is 424. The summed E-state index contributed by atoms with van der Waals surface area (Å²) in [5.41, 5.74) is 0. The van der Waals surface area contributed by atoms with E-state index < -0.39 is 35.6 Å². The molecule has 0 rings (SSSR count). The summed E-state index contributed by atoms with van der Waals surface area (Å²) in [6.07, 6.45) is 22.2. The van der Waals surface area contributed by atoms with E-state index in [0.29, 0.717) is 6.32 Å². The van der Waals surface area contributed by atoms with E-state index in [9.17, 15) is 0 Å². The molecule has 0 aromatic heterocycles.